The van der Waals surface area contributed by atoms with Crippen molar-refractivity contribution in [1.29, 1.82) is 0 Å². The lowest BCUT2D eigenvalue weighted by Crippen LogP contribution is -2.18. The zero-order valence-corrected chi connectivity index (χ0v) is 10.2. The highest BCUT2D eigenvalue weighted by Gasteiger charge is 2.36. The van der Waals surface area contributed by atoms with Crippen LogP contribution in [0.3, 0.4) is 0 Å². The predicted octanol–water partition coefficient (Wildman–Crippen LogP) is 3.43. The highest BCUT2D eigenvalue weighted by atomic mass is 127. The van der Waals surface area contributed by atoms with Crippen LogP contribution in [-0.2, 0) is 0 Å². The van der Waals surface area contributed by atoms with Gasteiger partial charge < -0.3 is 4.74 Å². The van der Waals surface area contributed by atoms with Gasteiger partial charge in [0.1, 0.15) is 3.57 Å². The molecule has 0 bridgehead atoms. The van der Waals surface area contributed by atoms with Gasteiger partial charge >= 0.3 is 12.0 Å². The first-order valence-electron chi connectivity index (χ1n) is 4.00. The van der Waals surface area contributed by atoms with Gasteiger partial charge in [-0.25, -0.2) is 13.8 Å². The van der Waals surface area contributed by atoms with E-state index in [-0.39, 0.29) is 0 Å². The van der Waals surface area contributed by atoms with Gasteiger partial charge in [-0.1, -0.05) is 0 Å². The van der Waals surface area contributed by atoms with Crippen molar-refractivity contribution in [2.45, 2.75) is 12.8 Å². The van der Waals surface area contributed by atoms with E-state index in [4.69, 9.17) is 0 Å². The second kappa shape index (κ2) is 5.16. The number of pyridine rings is 1. The van der Waals surface area contributed by atoms with Crippen molar-refractivity contribution in [3.8, 4) is 5.75 Å². The lowest BCUT2D eigenvalue weighted by atomic mass is 10.3. The molecule has 0 spiro atoms. The zero-order chi connectivity index (χ0) is 14.1. The Morgan fingerprint density at radius 1 is 1.44 bits per heavy atom. The van der Waals surface area contributed by atoms with Crippen LogP contribution in [0, 0.1) is 13.7 Å². The molecule has 1 aromatic heterocycles. The van der Waals surface area contributed by atoms with Crippen LogP contribution in [0.1, 0.15) is 12.1 Å². The van der Waals surface area contributed by atoms with Crippen molar-refractivity contribution >= 4 is 28.3 Å². The van der Waals surface area contributed by atoms with Gasteiger partial charge in [-0.15, -0.1) is 13.2 Å². The van der Waals surface area contributed by atoms with E-state index in [2.05, 4.69) is 9.72 Å². The summed E-state index contributed by atoms with van der Waals surface area (Å²) in [5, 5.41) is 10.6. The highest BCUT2D eigenvalue weighted by Crippen LogP contribution is 2.37. The number of halogens is 6. The lowest BCUT2D eigenvalue weighted by Gasteiger charge is -2.11. The van der Waals surface area contributed by atoms with Gasteiger partial charge in [-0.2, -0.15) is 0 Å². The molecule has 0 saturated heterocycles. The summed E-state index contributed by atoms with van der Waals surface area (Å²) in [6, 6.07) is 0. The second-order valence-corrected chi connectivity index (χ2v) is 3.85. The van der Waals surface area contributed by atoms with Crippen LogP contribution in [0.25, 0.3) is 0 Å². The van der Waals surface area contributed by atoms with Gasteiger partial charge in [0.05, 0.1) is 11.1 Å². The van der Waals surface area contributed by atoms with E-state index in [1.165, 1.54) is 0 Å². The zero-order valence-electron chi connectivity index (χ0n) is 8.04. The molecule has 0 saturated carbocycles. The Morgan fingerprint density at radius 3 is 2.39 bits per heavy atom. The summed E-state index contributed by atoms with van der Waals surface area (Å²) in [5.41, 5.74) is -2.41. The fourth-order valence-corrected chi connectivity index (χ4v) is 1.73. The number of hydrogen-bond donors (Lipinski definition) is 0. The molecule has 0 aliphatic heterocycles. The first kappa shape index (κ1) is 14.8. The minimum Gasteiger partial charge on any atom is -0.403 e. The Hall–Kier alpha value is -1.27. The molecule has 1 heterocycles. The van der Waals surface area contributed by atoms with E-state index in [1.807, 2.05) is 0 Å². The number of aromatic nitrogens is 1. The molecule has 0 aliphatic rings. The van der Waals surface area contributed by atoms with Crippen molar-refractivity contribution < 1.29 is 31.6 Å². The topological polar surface area (TPSA) is 65.3 Å². The quantitative estimate of drug-likeness (QED) is 0.347. The lowest BCUT2D eigenvalue weighted by molar-refractivity contribution is -0.387. The van der Waals surface area contributed by atoms with Crippen LogP contribution in [0.4, 0.5) is 27.6 Å². The Labute approximate surface area is 109 Å². The average molecular weight is 384 g/mol. The first-order chi connectivity index (χ1) is 8.13. The predicted molar refractivity (Wildman–Crippen MR) is 55.2 cm³/mol. The first-order valence-corrected chi connectivity index (χ1v) is 5.08. The number of hydrogen-bond acceptors (Lipinski definition) is 4. The van der Waals surface area contributed by atoms with Gasteiger partial charge in [0, 0.05) is 0 Å². The fourth-order valence-electron chi connectivity index (χ4n) is 1.00. The number of nitro groups is 1. The third-order valence-corrected chi connectivity index (χ3v) is 2.65. The molecular weight excluding hydrogens is 382 g/mol. The summed E-state index contributed by atoms with van der Waals surface area (Å²) in [4.78, 5) is 12.2. The molecular formula is C7H2F5IN2O3. The standard InChI is InChI=1S/C7H2F5IN2O3/c8-6(9)4-5(15(16)17)3(13)2(1-14-4)18-7(10,11)12/h1,6H. The monoisotopic (exact) mass is 384 g/mol. The second-order valence-electron chi connectivity index (χ2n) is 2.78. The Balaban J connectivity index is 3.35. The normalized spacial score (nSPS) is 11.7. The van der Waals surface area contributed by atoms with E-state index in [9.17, 15) is 32.1 Å². The smallest absolute Gasteiger partial charge is 0.403 e. The Morgan fingerprint density at radius 2 is 2.00 bits per heavy atom. The van der Waals surface area contributed by atoms with E-state index in [0.717, 1.165) is 22.6 Å². The summed E-state index contributed by atoms with van der Waals surface area (Å²) >= 11 is 1.12. The van der Waals surface area contributed by atoms with Crippen LogP contribution in [-0.4, -0.2) is 16.3 Å². The SMILES string of the molecule is O=[N+]([O-])c1c(C(F)F)ncc(OC(F)(F)F)c1I. The van der Waals surface area contributed by atoms with E-state index in [0.29, 0.717) is 6.20 Å². The van der Waals surface area contributed by atoms with Gasteiger partial charge in [-0.05, 0) is 22.6 Å². The highest BCUT2D eigenvalue weighted by molar-refractivity contribution is 14.1. The summed E-state index contributed by atoms with van der Waals surface area (Å²) in [6.07, 6.45) is -8.01. The molecule has 0 radical (unpaired) electrons. The molecule has 100 valence electrons. The molecule has 0 amide bonds. The summed E-state index contributed by atoms with van der Waals surface area (Å²) in [5.74, 6) is -1.00. The van der Waals surface area contributed by atoms with E-state index in [1.54, 1.807) is 0 Å². The molecule has 0 atom stereocenters. The molecule has 18 heavy (non-hydrogen) atoms. The maximum atomic E-state index is 12.4. The molecule has 0 fully saturated rings. The van der Waals surface area contributed by atoms with Crippen LogP contribution in [0.2, 0.25) is 0 Å². The molecule has 0 unspecified atom stereocenters. The molecule has 5 nitrogen and oxygen atoms in total. The number of ether oxygens (including phenoxy) is 1. The van der Waals surface area contributed by atoms with Gasteiger partial charge in [-0.3, -0.25) is 10.1 Å². The van der Waals surface area contributed by atoms with E-state index < -0.39 is 38.4 Å². The molecule has 0 aromatic carbocycles. The maximum Gasteiger partial charge on any atom is 0.573 e. The van der Waals surface area contributed by atoms with Crippen molar-refractivity contribution in [3.63, 3.8) is 0 Å². The van der Waals surface area contributed by atoms with Gasteiger partial charge in [0.2, 0.25) is 0 Å². The van der Waals surface area contributed by atoms with Crippen molar-refractivity contribution in [1.82, 2.24) is 4.98 Å². The minimum absolute atomic E-state index is 0.365. The van der Waals surface area contributed by atoms with Crippen molar-refractivity contribution in [3.05, 3.63) is 25.6 Å². The molecule has 0 N–H and O–H groups in total. The number of alkyl halides is 5. The molecule has 1 aromatic rings. The number of nitrogens with zero attached hydrogens (tertiary/aromatic N) is 2. The Bertz CT molecular complexity index is 479. The molecule has 1 rings (SSSR count). The Kier molecular flexibility index (Phi) is 4.24. The summed E-state index contributed by atoms with van der Waals surface area (Å²) in [6.45, 7) is 0. The van der Waals surface area contributed by atoms with Crippen molar-refractivity contribution in [2.75, 3.05) is 0 Å². The maximum absolute atomic E-state index is 12.4. The third-order valence-electron chi connectivity index (χ3n) is 1.60. The van der Waals surface area contributed by atoms with Crippen LogP contribution >= 0.6 is 22.6 Å². The van der Waals surface area contributed by atoms with Crippen molar-refractivity contribution in [2.24, 2.45) is 0 Å². The molecule has 11 heteroatoms. The minimum atomic E-state index is -5.10. The van der Waals surface area contributed by atoms with Gasteiger partial charge in [0.25, 0.3) is 6.43 Å². The van der Waals surface area contributed by atoms with Crippen LogP contribution in [0.15, 0.2) is 6.20 Å². The molecule has 0 aliphatic carbocycles. The van der Waals surface area contributed by atoms with Crippen LogP contribution < -0.4 is 4.74 Å². The fraction of sp³-hybridized carbons (Fsp3) is 0.286. The largest absolute Gasteiger partial charge is 0.573 e. The van der Waals surface area contributed by atoms with Gasteiger partial charge in [0.15, 0.2) is 11.4 Å². The number of rotatable bonds is 3. The van der Waals surface area contributed by atoms with E-state index >= 15 is 0 Å². The third kappa shape index (κ3) is 3.36. The van der Waals surface area contributed by atoms with Crippen LogP contribution in [0.5, 0.6) is 5.75 Å². The summed E-state index contributed by atoms with van der Waals surface area (Å²) in [7, 11) is 0. The average Bonchev–Trinajstić information content (AvgIpc) is 2.17. The summed E-state index contributed by atoms with van der Waals surface area (Å²) < 4.78 is 63.4.